The Balaban J connectivity index is 2.64. The van der Waals surface area contributed by atoms with E-state index in [2.05, 4.69) is 0 Å². The van der Waals surface area contributed by atoms with Crippen molar-refractivity contribution in [3.8, 4) is 0 Å². The Kier molecular flexibility index (Phi) is 2.32. The second kappa shape index (κ2) is 3.51. The largest absolute Gasteiger partial charge is 0.480 e. The fraction of sp³-hybridized carbons (Fsp3) is 0.200. The van der Waals surface area contributed by atoms with Crippen LogP contribution in [0, 0.1) is 6.92 Å². The number of hydrogen-bond acceptors (Lipinski definition) is 3. The minimum absolute atomic E-state index is 0.237. The number of thiophene rings is 1. The average Bonchev–Trinajstić information content (AvgIpc) is 2.51. The third-order valence-corrected chi connectivity index (χ3v) is 3.10. The summed E-state index contributed by atoms with van der Waals surface area (Å²) in [5.74, 6) is -1.01. The fourth-order valence-corrected chi connectivity index (χ4v) is 2.38. The molecule has 5 heteroatoms. The van der Waals surface area contributed by atoms with Crippen molar-refractivity contribution >= 4 is 27.4 Å². The minimum Gasteiger partial charge on any atom is -0.480 e. The Hall–Kier alpha value is -1.62. The first-order chi connectivity index (χ1) is 7.08. The molecule has 0 aliphatic carbocycles. The lowest BCUT2D eigenvalue weighted by molar-refractivity contribution is -0.137. The van der Waals surface area contributed by atoms with Crippen molar-refractivity contribution in [1.82, 2.24) is 4.57 Å². The van der Waals surface area contributed by atoms with Gasteiger partial charge in [-0.2, -0.15) is 0 Å². The maximum absolute atomic E-state index is 11.8. The van der Waals surface area contributed by atoms with Gasteiger partial charge in [0.1, 0.15) is 6.54 Å². The van der Waals surface area contributed by atoms with Crippen LogP contribution in [0.4, 0.5) is 0 Å². The predicted octanol–water partition coefficient (Wildman–Crippen LogP) is 1.46. The van der Waals surface area contributed by atoms with Crippen LogP contribution in [-0.2, 0) is 11.3 Å². The molecule has 0 bridgehead atoms. The molecule has 0 aromatic carbocycles. The number of rotatable bonds is 2. The summed E-state index contributed by atoms with van der Waals surface area (Å²) in [4.78, 5) is 23.3. The fourth-order valence-electron chi connectivity index (χ4n) is 1.47. The SMILES string of the molecule is Cc1cc2c(=O)n(CC(=O)O)ccc2s1. The molecule has 0 aliphatic rings. The van der Waals surface area contributed by atoms with Crippen molar-refractivity contribution in [2.75, 3.05) is 0 Å². The summed E-state index contributed by atoms with van der Waals surface area (Å²) in [7, 11) is 0. The lowest BCUT2D eigenvalue weighted by Crippen LogP contribution is -2.22. The number of carbonyl (C=O) groups is 1. The number of aromatic nitrogens is 1. The molecular formula is C10H9NO3S. The summed E-state index contributed by atoms with van der Waals surface area (Å²) in [6.07, 6.45) is 1.52. The van der Waals surface area contributed by atoms with Gasteiger partial charge in [0.15, 0.2) is 0 Å². The molecule has 0 atom stereocenters. The summed E-state index contributed by atoms with van der Waals surface area (Å²) < 4.78 is 2.11. The predicted molar refractivity (Wildman–Crippen MR) is 58.5 cm³/mol. The van der Waals surface area contributed by atoms with Gasteiger partial charge in [0, 0.05) is 15.8 Å². The van der Waals surface area contributed by atoms with Crippen LogP contribution in [0.1, 0.15) is 4.88 Å². The zero-order valence-electron chi connectivity index (χ0n) is 8.06. The van der Waals surface area contributed by atoms with Crippen LogP contribution < -0.4 is 5.56 Å². The molecule has 15 heavy (non-hydrogen) atoms. The molecule has 0 saturated heterocycles. The standard InChI is InChI=1S/C10H9NO3S/c1-6-4-7-8(15-6)2-3-11(10(7)14)5-9(12)13/h2-4H,5H2,1H3,(H,12,13). The number of hydrogen-bond donors (Lipinski definition) is 1. The van der Waals surface area contributed by atoms with Crippen LogP contribution in [0.5, 0.6) is 0 Å². The average molecular weight is 223 g/mol. The van der Waals surface area contributed by atoms with Gasteiger partial charge < -0.3 is 9.67 Å². The van der Waals surface area contributed by atoms with Crippen LogP contribution in [0.15, 0.2) is 23.1 Å². The first-order valence-corrected chi connectivity index (χ1v) is 5.21. The van der Waals surface area contributed by atoms with Crippen LogP contribution in [0.3, 0.4) is 0 Å². The molecule has 2 aromatic heterocycles. The maximum atomic E-state index is 11.8. The molecule has 0 aliphatic heterocycles. The highest BCUT2D eigenvalue weighted by Crippen LogP contribution is 2.21. The molecule has 2 rings (SSSR count). The first kappa shape index (κ1) is 9.92. The van der Waals surface area contributed by atoms with Crippen LogP contribution in [0.25, 0.3) is 10.1 Å². The van der Waals surface area contributed by atoms with Gasteiger partial charge in [0.2, 0.25) is 0 Å². The number of aryl methyl sites for hydroxylation is 1. The number of fused-ring (bicyclic) bond motifs is 1. The highest BCUT2D eigenvalue weighted by atomic mass is 32.1. The van der Waals surface area contributed by atoms with Crippen LogP contribution >= 0.6 is 11.3 Å². The second-order valence-electron chi connectivity index (χ2n) is 3.28. The van der Waals surface area contributed by atoms with Gasteiger partial charge in [-0.05, 0) is 19.1 Å². The van der Waals surface area contributed by atoms with E-state index in [1.54, 1.807) is 12.1 Å². The van der Waals surface area contributed by atoms with E-state index in [1.165, 1.54) is 22.1 Å². The zero-order valence-corrected chi connectivity index (χ0v) is 8.87. The van der Waals surface area contributed by atoms with E-state index >= 15 is 0 Å². The summed E-state index contributed by atoms with van der Waals surface area (Å²) in [5.41, 5.74) is -0.237. The molecule has 2 aromatic rings. The second-order valence-corrected chi connectivity index (χ2v) is 4.57. The number of nitrogens with zero attached hydrogens (tertiary/aromatic N) is 1. The molecule has 0 spiro atoms. The number of aliphatic carboxylic acids is 1. The molecule has 4 nitrogen and oxygen atoms in total. The van der Waals surface area contributed by atoms with Crippen molar-refractivity contribution in [2.45, 2.75) is 13.5 Å². The third kappa shape index (κ3) is 1.78. The van der Waals surface area contributed by atoms with Crippen molar-refractivity contribution in [1.29, 1.82) is 0 Å². The first-order valence-electron chi connectivity index (χ1n) is 4.39. The van der Waals surface area contributed by atoms with E-state index in [-0.39, 0.29) is 12.1 Å². The van der Waals surface area contributed by atoms with E-state index in [4.69, 9.17) is 5.11 Å². The molecule has 78 valence electrons. The molecule has 0 saturated carbocycles. The van der Waals surface area contributed by atoms with Crippen molar-refractivity contribution < 1.29 is 9.90 Å². The van der Waals surface area contributed by atoms with Crippen LogP contribution in [0.2, 0.25) is 0 Å². The van der Waals surface area contributed by atoms with E-state index < -0.39 is 5.97 Å². The number of pyridine rings is 1. The summed E-state index contributed by atoms with van der Waals surface area (Å²) in [6.45, 7) is 1.63. The van der Waals surface area contributed by atoms with Gasteiger partial charge in [-0.3, -0.25) is 9.59 Å². The van der Waals surface area contributed by atoms with E-state index in [0.717, 1.165) is 9.58 Å². The topological polar surface area (TPSA) is 59.3 Å². The lowest BCUT2D eigenvalue weighted by Gasteiger charge is -2.00. The number of carboxylic acid groups (broad SMARTS) is 1. The highest BCUT2D eigenvalue weighted by Gasteiger charge is 2.07. The monoisotopic (exact) mass is 223 g/mol. The summed E-state index contributed by atoms with van der Waals surface area (Å²) in [6, 6.07) is 3.57. The van der Waals surface area contributed by atoms with Gasteiger partial charge in [0.25, 0.3) is 5.56 Å². The Morgan fingerprint density at radius 1 is 1.60 bits per heavy atom. The summed E-state index contributed by atoms with van der Waals surface area (Å²) in [5, 5.41) is 9.21. The smallest absolute Gasteiger partial charge is 0.323 e. The molecule has 1 N–H and O–H groups in total. The Labute approximate surface area is 89.4 Å². The zero-order chi connectivity index (χ0) is 11.0. The number of carboxylic acids is 1. The van der Waals surface area contributed by atoms with Gasteiger partial charge in [-0.25, -0.2) is 0 Å². The lowest BCUT2D eigenvalue weighted by atomic mass is 10.3. The van der Waals surface area contributed by atoms with Crippen LogP contribution in [-0.4, -0.2) is 15.6 Å². The molecule has 2 heterocycles. The Morgan fingerprint density at radius 2 is 2.33 bits per heavy atom. The normalized spacial score (nSPS) is 10.7. The van der Waals surface area contributed by atoms with Crippen molar-refractivity contribution in [3.63, 3.8) is 0 Å². The molecule has 0 radical (unpaired) electrons. The van der Waals surface area contributed by atoms with Gasteiger partial charge >= 0.3 is 5.97 Å². The van der Waals surface area contributed by atoms with Gasteiger partial charge in [0.05, 0.1) is 5.39 Å². The Bertz CT molecular complexity index is 582. The molecule has 0 amide bonds. The molecule has 0 fully saturated rings. The van der Waals surface area contributed by atoms with E-state index in [1.807, 2.05) is 6.92 Å². The summed E-state index contributed by atoms with van der Waals surface area (Å²) >= 11 is 1.53. The van der Waals surface area contributed by atoms with E-state index in [9.17, 15) is 9.59 Å². The van der Waals surface area contributed by atoms with Gasteiger partial charge in [-0.1, -0.05) is 0 Å². The minimum atomic E-state index is -1.01. The van der Waals surface area contributed by atoms with Gasteiger partial charge in [-0.15, -0.1) is 11.3 Å². The maximum Gasteiger partial charge on any atom is 0.323 e. The Morgan fingerprint density at radius 3 is 3.00 bits per heavy atom. The third-order valence-electron chi connectivity index (χ3n) is 2.09. The van der Waals surface area contributed by atoms with E-state index in [0.29, 0.717) is 5.39 Å². The molecular weight excluding hydrogens is 214 g/mol. The van der Waals surface area contributed by atoms with Crippen molar-refractivity contribution in [2.24, 2.45) is 0 Å². The highest BCUT2D eigenvalue weighted by molar-refractivity contribution is 7.18. The van der Waals surface area contributed by atoms with Crippen molar-refractivity contribution in [3.05, 3.63) is 33.6 Å². The quantitative estimate of drug-likeness (QED) is 0.838. The molecule has 0 unspecified atom stereocenters.